The number of aliphatic hydroxyl groups is 1. The zero-order chi connectivity index (χ0) is 52.7. The number of hydrogen-bond donors (Lipinski definition) is 3. The Kier molecular flexibility index (Phi) is 54.0. The third-order valence-corrected chi connectivity index (χ3v) is 15.7. The Hall–Kier alpha value is -1.02. The lowest BCUT2D eigenvalue weighted by Gasteiger charge is -2.26. The highest BCUT2D eigenvalue weighted by Gasteiger charge is 2.28. The van der Waals surface area contributed by atoms with Crippen LogP contribution in [0.2, 0.25) is 0 Å². The number of carbonyl (C=O) groups is 1. The molecule has 0 saturated carbocycles. The number of hydrogen-bond acceptors (Lipinski definition) is 5. The Morgan fingerprint density at radius 3 is 1.14 bits per heavy atom. The van der Waals surface area contributed by atoms with Gasteiger partial charge in [0.2, 0.25) is 5.91 Å². The molecule has 1 amide bonds. The number of rotatable bonds is 59. The Morgan fingerprint density at radius 2 is 0.792 bits per heavy atom. The summed E-state index contributed by atoms with van der Waals surface area (Å²) in [5.74, 6) is -0.140. The van der Waals surface area contributed by atoms with Crippen molar-refractivity contribution in [2.45, 2.75) is 334 Å². The van der Waals surface area contributed by atoms with Gasteiger partial charge >= 0.3 is 7.82 Å². The van der Waals surface area contributed by atoms with Crippen molar-refractivity contribution in [1.82, 2.24) is 5.32 Å². The van der Waals surface area contributed by atoms with E-state index in [2.05, 4.69) is 43.5 Å². The summed E-state index contributed by atoms with van der Waals surface area (Å²) in [6.07, 6.45) is 70.2. The van der Waals surface area contributed by atoms with E-state index in [0.717, 1.165) is 44.9 Å². The van der Waals surface area contributed by atoms with Gasteiger partial charge in [0, 0.05) is 6.42 Å². The summed E-state index contributed by atoms with van der Waals surface area (Å²) < 4.78 is 23.7. The van der Waals surface area contributed by atoms with E-state index in [1.165, 1.54) is 250 Å². The van der Waals surface area contributed by atoms with Gasteiger partial charge < -0.3 is 19.8 Å². The van der Waals surface area contributed by atoms with Gasteiger partial charge in [0.15, 0.2) is 0 Å². The first-order valence-electron chi connectivity index (χ1n) is 31.7. The van der Waals surface area contributed by atoms with Crippen LogP contribution in [0.4, 0.5) is 0 Å². The van der Waals surface area contributed by atoms with Gasteiger partial charge in [-0.05, 0) is 44.9 Å². The van der Waals surface area contributed by atoms with Crippen molar-refractivity contribution >= 4 is 13.7 Å². The Bertz CT molecular complexity index is 1220. The predicted molar refractivity (Wildman–Crippen MR) is 314 cm³/mol. The Morgan fingerprint density at radius 1 is 0.472 bits per heavy atom. The van der Waals surface area contributed by atoms with E-state index in [9.17, 15) is 19.4 Å². The largest absolute Gasteiger partial charge is 0.472 e. The average molecular weight is 1040 g/mol. The van der Waals surface area contributed by atoms with Gasteiger partial charge in [0.1, 0.15) is 13.2 Å². The number of unbranched alkanes of at least 4 members (excludes halogenated alkanes) is 42. The van der Waals surface area contributed by atoms with E-state index in [0.29, 0.717) is 23.9 Å². The van der Waals surface area contributed by atoms with Crippen LogP contribution >= 0.6 is 7.82 Å². The smallest absolute Gasteiger partial charge is 0.391 e. The SMILES string of the molecule is CCCCCCC/C=C\C/C=C\CCCCCCCCCCCCCCCCCCCCCCCCCCCCCCCC(=O)NC(COP(=O)(O)OCC[N+](C)(C)C)C(O)CCCCCCCCCCC. The van der Waals surface area contributed by atoms with Crippen LogP contribution in [-0.4, -0.2) is 73.4 Å². The van der Waals surface area contributed by atoms with E-state index >= 15 is 0 Å². The van der Waals surface area contributed by atoms with Gasteiger partial charge in [-0.1, -0.05) is 295 Å². The molecule has 0 heterocycles. The number of quaternary nitrogens is 1. The molecule has 0 aromatic carbocycles. The molecule has 0 aliphatic rings. The number of nitrogens with zero attached hydrogens (tertiary/aromatic N) is 1. The molecule has 8 nitrogen and oxygen atoms in total. The molecule has 0 spiro atoms. The normalized spacial score (nSPS) is 13.9. The lowest BCUT2D eigenvalue weighted by atomic mass is 10.0. The maximum absolute atomic E-state index is 12.9. The Labute approximate surface area is 449 Å². The second-order valence-corrected chi connectivity index (χ2v) is 24.6. The highest BCUT2D eigenvalue weighted by atomic mass is 31.2. The molecule has 0 aliphatic heterocycles. The summed E-state index contributed by atoms with van der Waals surface area (Å²) in [4.78, 5) is 23.2. The number of nitrogens with one attached hydrogen (secondary N) is 1. The first-order valence-corrected chi connectivity index (χ1v) is 33.2. The van der Waals surface area contributed by atoms with Crippen LogP contribution in [0.1, 0.15) is 322 Å². The third-order valence-electron chi connectivity index (χ3n) is 14.7. The lowest BCUT2D eigenvalue weighted by molar-refractivity contribution is -0.870. The maximum atomic E-state index is 12.9. The summed E-state index contributed by atoms with van der Waals surface area (Å²) in [7, 11) is 1.63. The molecule has 3 atom stereocenters. The number of likely N-dealkylation sites (N-methyl/N-ethyl adjacent to an activating group) is 1. The van der Waals surface area contributed by atoms with Crippen LogP contribution in [0.25, 0.3) is 0 Å². The minimum Gasteiger partial charge on any atom is -0.391 e. The zero-order valence-corrected chi connectivity index (χ0v) is 49.8. The van der Waals surface area contributed by atoms with Gasteiger partial charge in [-0.2, -0.15) is 0 Å². The molecular formula is C63H126N2O6P+. The molecule has 3 N–H and O–H groups in total. The van der Waals surface area contributed by atoms with Gasteiger partial charge in [-0.25, -0.2) is 4.57 Å². The molecule has 0 aromatic rings. The average Bonchev–Trinajstić information content (AvgIpc) is 3.34. The minimum atomic E-state index is -4.31. The van der Waals surface area contributed by atoms with Crippen molar-refractivity contribution in [2.75, 3.05) is 40.9 Å². The fraction of sp³-hybridized carbons (Fsp3) is 0.921. The fourth-order valence-corrected chi connectivity index (χ4v) is 10.5. The second kappa shape index (κ2) is 54.8. The summed E-state index contributed by atoms with van der Waals surface area (Å²) in [5, 5.41) is 14.0. The van der Waals surface area contributed by atoms with Crippen molar-refractivity contribution in [3.63, 3.8) is 0 Å². The van der Waals surface area contributed by atoms with Gasteiger partial charge in [0.25, 0.3) is 0 Å². The van der Waals surface area contributed by atoms with Crippen molar-refractivity contribution < 1.29 is 32.9 Å². The monoisotopic (exact) mass is 1040 g/mol. The molecule has 428 valence electrons. The quantitative estimate of drug-likeness (QED) is 0.0243. The molecule has 0 aliphatic carbocycles. The highest BCUT2D eigenvalue weighted by Crippen LogP contribution is 2.43. The minimum absolute atomic E-state index is 0.0773. The number of carbonyl (C=O) groups excluding carboxylic acids is 1. The molecule has 0 radical (unpaired) electrons. The van der Waals surface area contributed by atoms with Crippen LogP contribution in [-0.2, 0) is 18.4 Å². The summed E-state index contributed by atoms with van der Waals surface area (Å²) in [5.41, 5.74) is 0. The van der Waals surface area contributed by atoms with E-state index < -0.39 is 20.0 Å². The summed E-state index contributed by atoms with van der Waals surface area (Å²) in [6.45, 7) is 4.88. The third kappa shape index (κ3) is 56.7. The molecule has 9 heteroatoms. The fourth-order valence-electron chi connectivity index (χ4n) is 9.73. The van der Waals surface area contributed by atoms with E-state index in [-0.39, 0.29) is 19.1 Å². The highest BCUT2D eigenvalue weighted by molar-refractivity contribution is 7.47. The number of phosphoric ester groups is 1. The van der Waals surface area contributed by atoms with Crippen molar-refractivity contribution in [3.05, 3.63) is 24.3 Å². The standard InChI is InChI=1S/C63H125N2O6P/c1-6-8-10-12-14-16-17-18-19-20-21-22-23-24-25-26-27-28-29-30-31-32-33-34-35-36-37-38-39-40-41-42-43-44-45-46-47-49-51-53-55-57-63(67)64-61(60-71-72(68,69)70-59-58-65(3,4)5)62(66)56-54-52-50-48-15-13-11-9-7-2/h17-18,20-21,61-62,66H,6-16,19,22-60H2,1-5H3,(H-,64,67,68,69)/p+1/b18-17-,21-20-. The van der Waals surface area contributed by atoms with E-state index in [4.69, 9.17) is 9.05 Å². The van der Waals surface area contributed by atoms with E-state index in [1.54, 1.807) is 0 Å². The van der Waals surface area contributed by atoms with E-state index in [1.807, 2.05) is 21.1 Å². The first kappa shape index (κ1) is 71.0. The molecule has 0 saturated heterocycles. The second-order valence-electron chi connectivity index (χ2n) is 23.1. The topological polar surface area (TPSA) is 105 Å². The van der Waals surface area contributed by atoms with Crippen LogP contribution in [0.3, 0.4) is 0 Å². The Balaban J connectivity index is 3.72. The molecule has 72 heavy (non-hydrogen) atoms. The van der Waals surface area contributed by atoms with Crippen LogP contribution in [0.5, 0.6) is 0 Å². The zero-order valence-electron chi connectivity index (χ0n) is 48.9. The van der Waals surface area contributed by atoms with Crippen LogP contribution in [0, 0.1) is 0 Å². The molecule has 0 fully saturated rings. The van der Waals surface area contributed by atoms with Gasteiger partial charge in [0.05, 0.1) is 39.9 Å². The summed E-state index contributed by atoms with van der Waals surface area (Å²) >= 11 is 0. The van der Waals surface area contributed by atoms with Crippen molar-refractivity contribution in [3.8, 4) is 0 Å². The van der Waals surface area contributed by atoms with Crippen molar-refractivity contribution in [1.29, 1.82) is 0 Å². The molecular weight excluding hydrogens is 912 g/mol. The van der Waals surface area contributed by atoms with Gasteiger partial charge in [-0.15, -0.1) is 0 Å². The van der Waals surface area contributed by atoms with Crippen molar-refractivity contribution in [2.24, 2.45) is 0 Å². The molecule has 0 bridgehead atoms. The molecule has 0 aromatic heterocycles. The molecule has 0 rings (SSSR count). The number of aliphatic hydroxyl groups excluding tert-OH is 1. The number of allylic oxidation sites excluding steroid dienone is 4. The number of phosphoric acid groups is 1. The van der Waals surface area contributed by atoms with Gasteiger partial charge in [-0.3, -0.25) is 13.8 Å². The molecule has 3 unspecified atom stereocenters. The lowest BCUT2D eigenvalue weighted by Crippen LogP contribution is -2.46. The first-order chi connectivity index (χ1) is 35.0. The maximum Gasteiger partial charge on any atom is 0.472 e. The predicted octanol–water partition coefficient (Wildman–Crippen LogP) is 19.5. The summed E-state index contributed by atoms with van der Waals surface area (Å²) in [6, 6.07) is -0.755. The van der Waals surface area contributed by atoms with Crippen LogP contribution < -0.4 is 5.32 Å². The van der Waals surface area contributed by atoms with Crippen LogP contribution in [0.15, 0.2) is 24.3 Å². The number of amides is 1.